The van der Waals surface area contributed by atoms with Crippen LogP contribution in [0, 0.1) is 0 Å². The van der Waals surface area contributed by atoms with Crippen molar-refractivity contribution in [2.45, 2.75) is 0 Å². The summed E-state index contributed by atoms with van der Waals surface area (Å²) in [7, 11) is 0. The van der Waals surface area contributed by atoms with Crippen LogP contribution in [-0.2, 0) is 0 Å². The molecule has 33 heavy (non-hydrogen) atoms. The molecule has 5 aromatic rings. The van der Waals surface area contributed by atoms with E-state index in [1.807, 2.05) is 91.1 Å². The van der Waals surface area contributed by atoms with Gasteiger partial charge >= 0.3 is 0 Å². The summed E-state index contributed by atoms with van der Waals surface area (Å²) in [4.78, 5) is 23.1. The second-order valence-electron chi connectivity index (χ2n) is 7.36. The molecule has 0 bridgehead atoms. The number of carbonyl (C=O) groups is 1. The first-order valence-corrected chi connectivity index (χ1v) is 10.5. The molecule has 2 aromatic heterocycles. The number of rotatable bonds is 7. The quantitative estimate of drug-likeness (QED) is 0.264. The van der Waals surface area contributed by atoms with Gasteiger partial charge in [0.15, 0.2) is 11.5 Å². The smallest absolute Gasteiger partial charge is 0.193 e. The second-order valence-corrected chi connectivity index (χ2v) is 7.36. The predicted molar refractivity (Wildman–Crippen MR) is 130 cm³/mol. The van der Waals surface area contributed by atoms with Gasteiger partial charge in [-0.1, -0.05) is 48.5 Å². The van der Waals surface area contributed by atoms with Crippen LogP contribution in [-0.4, -0.2) is 20.5 Å². The number of pyridine rings is 1. The van der Waals surface area contributed by atoms with Crippen molar-refractivity contribution in [2.75, 3.05) is 5.48 Å². The van der Waals surface area contributed by atoms with Crippen LogP contribution in [0.25, 0.3) is 23.2 Å². The molecule has 0 aliphatic heterocycles. The summed E-state index contributed by atoms with van der Waals surface area (Å²) in [6.07, 6.45) is 7.23. The molecule has 160 valence electrons. The first kappa shape index (κ1) is 20.2. The van der Waals surface area contributed by atoms with Crippen LogP contribution in [0.4, 0.5) is 5.69 Å². The van der Waals surface area contributed by atoms with E-state index in [9.17, 15) is 4.79 Å². The average Bonchev–Trinajstić information content (AvgIpc) is 3.29. The number of hydrogen-bond acceptors (Lipinski definition) is 5. The first-order valence-electron chi connectivity index (χ1n) is 10.5. The molecule has 5 rings (SSSR count). The van der Waals surface area contributed by atoms with Gasteiger partial charge in [0, 0.05) is 28.9 Å². The van der Waals surface area contributed by atoms with E-state index in [0.29, 0.717) is 22.6 Å². The average molecular weight is 432 g/mol. The monoisotopic (exact) mass is 432 g/mol. The maximum Gasteiger partial charge on any atom is 0.193 e. The first-order chi connectivity index (χ1) is 16.3. The molecule has 0 fully saturated rings. The lowest BCUT2D eigenvalue weighted by molar-refractivity contribution is 0.103. The summed E-state index contributed by atoms with van der Waals surface area (Å²) in [5.41, 5.74) is 6.40. The van der Waals surface area contributed by atoms with Crippen molar-refractivity contribution in [1.29, 1.82) is 0 Å². The van der Waals surface area contributed by atoms with Crippen LogP contribution in [0.1, 0.15) is 21.6 Å². The number of nitrogens with zero attached hydrogens (tertiary/aromatic N) is 3. The molecule has 6 nitrogen and oxygen atoms in total. The summed E-state index contributed by atoms with van der Waals surface area (Å²) < 4.78 is 1.74. The molecule has 0 aliphatic carbocycles. The SMILES string of the molecule is O=C(c1cccc(NOc2ccccc2)c1)c1ccc2cnn(C=Cc3ccccn3)c2c1. The molecule has 0 atom stereocenters. The molecular weight excluding hydrogens is 412 g/mol. The fourth-order valence-corrected chi connectivity index (χ4v) is 3.42. The summed E-state index contributed by atoms with van der Waals surface area (Å²) >= 11 is 0. The fourth-order valence-electron chi connectivity index (χ4n) is 3.42. The highest BCUT2D eigenvalue weighted by Crippen LogP contribution is 2.21. The third kappa shape index (κ3) is 4.65. The normalized spacial score (nSPS) is 11.0. The maximum atomic E-state index is 13.2. The minimum Gasteiger partial charge on any atom is -0.382 e. The molecule has 2 heterocycles. The zero-order valence-electron chi connectivity index (χ0n) is 17.6. The molecule has 3 aromatic carbocycles. The van der Waals surface area contributed by atoms with Crippen LogP contribution in [0.15, 0.2) is 103 Å². The molecule has 0 saturated carbocycles. The Morgan fingerprint density at radius 3 is 2.58 bits per heavy atom. The number of anilines is 1. The van der Waals surface area contributed by atoms with Crippen molar-refractivity contribution in [3.8, 4) is 5.75 Å². The number of fused-ring (bicyclic) bond motifs is 1. The van der Waals surface area contributed by atoms with Gasteiger partial charge in [0.1, 0.15) is 0 Å². The largest absolute Gasteiger partial charge is 0.382 e. The Morgan fingerprint density at radius 2 is 1.73 bits per heavy atom. The Hall–Kier alpha value is -4.71. The van der Waals surface area contributed by atoms with Gasteiger partial charge in [-0.15, -0.1) is 0 Å². The van der Waals surface area contributed by atoms with Gasteiger partial charge < -0.3 is 4.84 Å². The van der Waals surface area contributed by atoms with Crippen LogP contribution >= 0.6 is 0 Å². The zero-order chi connectivity index (χ0) is 22.5. The van der Waals surface area contributed by atoms with Gasteiger partial charge in [-0.25, -0.2) is 10.2 Å². The number of para-hydroxylation sites is 1. The summed E-state index contributed by atoms with van der Waals surface area (Å²) in [6.45, 7) is 0. The molecule has 0 amide bonds. The molecule has 0 radical (unpaired) electrons. The standard InChI is InChI=1S/C27H20N4O2/c32-27(20-7-6-9-24(17-20)30-33-25-10-2-1-3-11-25)21-12-13-22-19-29-31(26(22)18-21)16-14-23-8-4-5-15-28-23/h1-19,30H. The molecule has 0 unspecified atom stereocenters. The van der Waals surface area contributed by atoms with E-state index in [1.54, 1.807) is 29.2 Å². The van der Waals surface area contributed by atoms with E-state index >= 15 is 0 Å². The van der Waals surface area contributed by atoms with Crippen LogP contribution in [0.2, 0.25) is 0 Å². The zero-order valence-corrected chi connectivity index (χ0v) is 17.6. The van der Waals surface area contributed by atoms with Crippen molar-refractivity contribution in [3.63, 3.8) is 0 Å². The highest BCUT2D eigenvalue weighted by molar-refractivity contribution is 6.10. The van der Waals surface area contributed by atoms with Gasteiger partial charge in [-0.3, -0.25) is 9.78 Å². The minimum atomic E-state index is -0.0817. The fraction of sp³-hybridized carbons (Fsp3) is 0. The number of nitrogens with one attached hydrogen (secondary N) is 1. The third-order valence-corrected chi connectivity index (χ3v) is 5.09. The Morgan fingerprint density at radius 1 is 0.879 bits per heavy atom. The number of aromatic nitrogens is 3. The predicted octanol–water partition coefficient (Wildman–Crippen LogP) is 5.70. The summed E-state index contributed by atoms with van der Waals surface area (Å²) in [5.74, 6) is 0.605. The maximum absolute atomic E-state index is 13.2. The van der Waals surface area contributed by atoms with Crippen molar-refractivity contribution in [3.05, 3.63) is 120 Å². The van der Waals surface area contributed by atoms with E-state index < -0.39 is 0 Å². The van der Waals surface area contributed by atoms with E-state index in [2.05, 4.69) is 15.6 Å². The number of carbonyl (C=O) groups excluding carboxylic acids is 1. The highest BCUT2D eigenvalue weighted by atomic mass is 16.6. The summed E-state index contributed by atoms with van der Waals surface area (Å²) in [5, 5.41) is 5.36. The third-order valence-electron chi connectivity index (χ3n) is 5.09. The molecule has 0 aliphatic rings. The topological polar surface area (TPSA) is 69.0 Å². The lowest BCUT2D eigenvalue weighted by Gasteiger charge is -2.09. The minimum absolute atomic E-state index is 0.0817. The Labute approximate surface area is 190 Å². The van der Waals surface area contributed by atoms with E-state index in [1.165, 1.54) is 0 Å². The summed E-state index contributed by atoms with van der Waals surface area (Å²) in [6, 6.07) is 27.9. The molecule has 0 spiro atoms. The lowest BCUT2D eigenvalue weighted by Crippen LogP contribution is -2.07. The molecular formula is C27H20N4O2. The van der Waals surface area contributed by atoms with E-state index in [4.69, 9.17) is 4.84 Å². The van der Waals surface area contributed by atoms with Gasteiger partial charge in [0.05, 0.1) is 23.1 Å². The molecule has 6 heteroatoms. The van der Waals surface area contributed by atoms with Crippen LogP contribution in [0.3, 0.4) is 0 Å². The molecule has 0 saturated heterocycles. The van der Waals surface area contributed by atoms with E-state index in [0.717, 1.165) is 16.6 Å². The number of benzene rings is 3. The van der Waals surface area contributed by atoms with Gasteiger partial charge in [0.2, 0.25) is 0 Å². The molecule has 1 N–H and O–H groups in total. The highest BCUT2D eigenvalue weighted by Gasteiger charge is 2.12. The Bertz CT molecular complexity index is 1430. The lowest BCUT2D eigenvalue weighted by atomic mass is 10.0. The van der Waals surface area contributed by atoms with Crippen molar-refractivity contribution in [2.24, 2.45) is 0 Å². The van der Waals surface area contributed by atoms with Crippen molar-refractivity contribution < 1.29 is 9.63 Å². The second kappa shape index (κ2) is 9.20. The van der Waals surface area contributed by atoms with E-state index in [-0.39, 0.29) is 5.78 Å². The van der Waals surface area contributed by atoms with Crippen LogP contribution < -0.4 is 10.3 Å². The number of hydrogen-bond donors (Lipinski definition) is 1. The van der Waals surface area contributed by atoms with Crippen molar-refractivity contribution >= 4 is 34.6 Å². The van der Waals surface area contributed by atoms with Gasteiger partial charge in [-0.2, -0.15) is 5.10 Å². The van der Waals surface area contributed by atoms with Gasteiger partial charge in [0.25, 0.3) is 0 Å². The Kier molecular flexibility index (Phi) is 5.63. The van der Waals surface area contributed by atoms with Crippen LogP contribution in [0.5, 0.6) is 5.75 Å². The number of ketones is 1. The van der Waals surface area contributed by atoms with Crippen molar-refractivity contribution in [1.82, 2.24) is 14.8 Å². The Balaban J connectivity index is 1.37. The van der Waals surface area contributed by atoms with Gasteiger partial charge in [-0.05, 0) is 48.5 Å².